The molecular formula is C22H29N3O2. The number of amides is 1. The third kappa shape index (κ3) is 2.87. The highest BCUT2D eigenvalue weighted by Crippen LogP contribution is 2.56. The lowest BCUT2D eigenvalue weighted by molar-refractivity contribution is -0.129. The molecule has 5 aliphatic rings. The summed E-state index contributed by atoms with van der Waals surface area (Å²) < 4.78 is 0. The van der Waals surface area contributed by atoms with E-state index in [2.05, 4.69) is 27.8 Å². The van der Waals surface area contributed by atoms with Crippen LogP contribution in [0.2, 0.25) is 0 Å². The Morgan fingerprint density at radius 2 is 2.00 bits per heavy atom. The van der Waals surface area contributed by atoms with E-state index in [0.717, 1.165) is 42.6 Å². The molecule has 5 nitrogen and oxygen atoms in total. The molecule has 6 rings (SSSR count). The van der Waals surface area contributed by atoms with Gasteiger partial charge in [0.05, 0.1) is 22.5 Å². The summed E-state index contributed by atoms with van der Waals surface area (Å²) in [6.07, 6.45) is 12.0. The number of hydrogen-bond donors (Lipinski definition) is 3. The van der Waals surface area contributed by atoms with Crippen LogP contribution < -0.4 is 10.6 Å². The Kier molecular flexibility index (Phi) is 3.87. The van der Waals surface area contributed by atoms with E-state index in [-0.39, 0.29) is 11.9 Å². The van der Waals surface area contributed by atoms with Gasteiger partial charge in [0.25, 0.3) is 5.91 Å². The number of aromatic nitrogens is 1. The van der Waals surface area contributed by atoms with Gasteiger partial charge in [-0.15, -0.1) is 0 Å². The Morgan fingerprint density at radius 3 is 2.67 bits per heavy atom. The van der Waals surface area contributed by atoms with Crippen molar-refractivity contribution >= 4 is 17.7 Å². The smallest absolute Gasteiger partial charge is 0.255 e. The lowest BCUT2D eigenvalue weighted by atomic mass is 9.52. The van der Waals surface area contributed by atoms with Gasteiger partial charge in [-0.3, -0.25) is 9.78 Å². The van der Waals surface area contributed by atoms with Crippen LogP contribution in [-0.2, 0) is 6.42 Å². The monoisotopic (exact) mass is 367 g/mol. The fourth-order valence-corrected chi connectivity index (χ4v) is 6.25. The van der Waals surface area contributed by atoms with Crippen LogP contribution in [0.25, 0.3) is 6.08 Å². The van der Waals surface area contributed by atoms with Crippen LogP contribution in [0, 0.1) is 17.8 Å². The molecule has 1 aromatic heterocycles. The summed E-state index contributed by atoms with van der Waals surface area (Å²) in [5.41, 5.74) is 3.25. The van der Waals surface area contributed by atoms with E-state index in [1.807, 2.05) is 13.8 Å². The summed E-state index contributed by atoms with van der Waals surface area (Å²) in [4.78, 5) is 17.4. The fraction of sp³-hybridized carbons (Fsp3) is 0.636. The van der Waals surface area contributed by atoms with Crippen molar-refractivity contribution in [2.45, 2.75) is 70.1 Å². The van der Waals surface area contributed by atoms with Crippen LogP contribution in [0.1, 0.15) is 67.6 Å². The average molecular weight is 367 g/mol. The van der Waals surface area contributed by atoms with Crippen molar-refractivity contribution in [3.05, 3.63) is 29.1 Å². The standard InChI is InChI=1S/C22H29N3O2/c1-12(2)24-21(26)17-11-23-18-5-3-4-16(18)20(17)25-19-14-6-13-7-15(19)10-22(27,8-13)9-14/h3-4,11-15,19,27H,5-10H2,1-2H3,(H,23,25)(H,24,26). The average Bonchev–Trinajstić information content (AvgIpc) is 3.04. The highest BCUT2D eigenvalue weighted by atomic mass is 16.3. The highest BCUT2D eigenvalue weighted by molar-refractivity contribution is 6.01. The molecule has 2 atom stereocenters. The SMILES string of the molecule is CC(C)NC(=O)c1cnc2c(c1NC1C3CC4CC1CC(O)(C4)C3)C=CC2. The van der Waals surface area contributed by atoms with Crippen LogP contribution in [-0.4, -0.2) is 33.7 Å². The zero-order chi connectivity index (χ0) is 18.8. The minimum atomic E-state index is -0.438. The van der Waals surface area contributed by atoms with Crippen LogP contribution in [0.15, 0.2) is 12.3 Å². The van der Waals surface area contributed by atoms with Crippen LogP contribution in [0.3, 0.4) is 0 Å². The van der Waals surface area contributed by atoms with E-state index in [4.69, 9.17) is 0 Å². The number of carbonyl (C=O) groups is 1. The predicted octanol–water partition coefficient (Wildman–Crippen LogP) is 3.14. The normalized spacial score (nSPS) is 35.6. The van der Waals surface area contributed by atoms with Crippen LogP contribution >= 0.6 is 0 Å². The van der Waals surface area contributed by atoms with Gasteiger partial charge in [-0.1, -0.05) is 12.2 Å². The molecule has 0 aliphatic heterocycles. The number of nitrogens with one attached hydrogen (secondary N) is 2. The Bertz CT molecular complexity index is 800. The molecule has 4 fully saturated rings. The van der Waals surface area contributed by atoms with Crippen molar-refractivity contribution in [2.24, 2.45) is 17.8 Å². The van der Waals surface area contributed by atoms with E-state index in [1.54, 1.807) is 6.20 Å². The number of carbonyl (C=O) groups excluding carboxylic acids is 1. The zero-order valence-electron chi connectivity index (χ0n) is 16.2. The van der Waals surface area contributed by atoms with Gasteiger partial charge >= 0.3 is 0 Å². The van der Waals surface area contributed by atoms with E-state index in [0.29, 0.717) is 29.4 Å². The molecule has 0 radical (unpaired) electrons. The molecule has 1 aromatic rings. The first-order valence-electron chi connectivity index (χ1n) is 10.4. The van der Waals surface area contributed by atoms with Gasteiger partial charge in [0.2, 0.25) is 0 Å². The summed E-state index contributed by atoms with van der Waals surface area (Å²) in [5, 5.41) is 17.7. The fourth-order valence-electron chi connectivity index (χ4n) is 6.25. The van der Waals surface area contributed by atoms with Gasteiger partial charge in [-0.05, 0) is 63.7 Å². The second-order valence-corrected chi connectivity index (χ2v) is 9.51. The molecule has 5 heteroatoms. The number of rotatable bonds is 4. The molecule has 1 amide bonds. The van der Waals surface area contributed by atoms with E-state index >= 15 is 0 Å². The van der Waals surface area contributed by atoms with Crippen molar-refractivity contribution in [3.63, 3.8) is 0 Å². The minimum absolute atomic E-state index is 0.0643. The van der Waals surface area contributed by atoms with Gasteiger partial charge in [-0.2, -0.15) is 0 Å². The molecule has 2 unspecified atom stereocenters. The molecule has 27 heavy (non-hydrogen) atoms. The number of hydrogen-bond acceptors (Lipinski definition) is 4. The van der Waals surface area contributed by atoms with Crippen molar-refractivity contribution in [2.75, 3.05) is 5.32 Å². The van der Waals surface area contributed by atoms with Gasteiger partial charge in [-0.25, -0.2) is 0 Å². The maximum atomic E-state index is 12.8. The highest BCUT2D eigenvalue weighted by Gasteiger charge is 2.54. The van der Waals surface area contributed by atoms with Gasteiger partial charge < -0.3 is 15.7 Å². The number of aliphatic hydroxyl groups is 1. The maximum Gasteiger partial charge on any atom is 0.255 e. The topological polar surface area (TPSA) is 74.2 Å². The number of fused-ring (bicyclic) bond motifs is 1. The minimum Gasteiger partial charge on any atom is -0.390 e. The predicted molar refractivity (Wildman–Crippen MR) is 105 cm³/mol. The van der Waals surface area contributed by atoms with E-state index in [9.17, 15) is 9.90 Å². The van der Waals surface area contributed by atoms with Gasteiger partial charge in [0.15, 0.2) is 0 Å². The Balaban J connectivity index is 1.49. The maximum absolute atomic E-state index is 12.8. The molecule has 144 valence electrons. The third-order valence-corrected chi connectivity index (χ3v) is 7.01. The Labute approximate surface area is 160 Å². The second-order valence-electron chi connectivity index (χ2n) is 9.51. The van der Waals surface area contributed by atoms with Gasteiger partial charge in [0.1, 0.15) is 0 Å². The van der Waals surface area contributed by atoms with Crippen LogP contribution in [0.4, 0.5) is 5.69 Å². The molecule has 0 saturated heterocycles. The van der Waals surface area contributed by atoms with Crippen molar-refractivity contribution in [1.82, 2.24) is 10.3 Å². The summed E-state index contributed by atoms with van der Waals surface area (Å²) >= 11 is 0. The molecule has 4 bridgehead atoms. The summed E-state index contributed by atoms with van der Waals surface area (Å²) in [6, 6.07) is 0.428. The first-order chi connectivity index (χ1) is 12.9. The number of allylic oxidation sites excluding steroid dienone is 1. The third-order valence-electron chi connectivity index (χ3n) is 7.01. The first kappa shape index (κ1) is 17.2. The van der Waals surface area contributed by atoms with E-state index < -0.39 is 5.60 Å². The Hall–Kier alpha value is -1.88. The zero-order valence-corrected chi connectivity index (χ0v) is 16.2. The van der Waals surface area contributed by atoms with Crippen molar-refractivity contribution in [1.29, 1.82) is 0 Å². The lowest BCUT2D eigenvalue weighted by Gasteiger charge is -2.58. The largest absolute Gasteiger partial charge is 0.390 e. The van der Waals surface area contributed by atoms with Gasteiger partial charge in [0, 0.05) is 30.3 Å². The molecule has 1 heterocycles. The van der Waals surface area contributed by atoms with E-state index in [1.165, 1.54) is 12.8 Å². The Morgan fingerprint density at radius 1 is 1.26 bits per heavy atom. The quantitative estimate of drug-likeness (QED) is 0.764. The molecule has 0 aromatic carbocycles. The molecular weight excluding hydrogens is 338 g/mol. The lowest BCUT2D eigenvalue weighted by Crippen LogP contribution is -2.59. The molecule has 5 aliphatic carbocycles. The summed E-state index contributed by atoms with van der Waals surface area (Å²) in [5.74, 6) is 1.61. The molecule has 4 saturated carbocycles. The van der Waals surface area contributed by atoms with Crippen molar-refractivity contribution in [3.8, 4) is 0 Å². The van der Waals surface area contributed by atoms with Crippen molar-refractivity contribution < 1.29 is 9.90 Å². The second kappa shape index (κ2) is 6.06. The molecule has 0 spiro atoms. The summed E-state index contributed by atoms with van der Waals surface area (Å²) in [7, 11) is 0. The first-order valence-corrected chi connectivity index (χ1v) is 10.4. The van der Waals surface area contributed by atoms with Crippen LogP contribution in [0.5, 0.6) is 0 Å². The number of nitrogens with zero attached hydrogens (tertiary/aromatic N) is 1. The summed E-state index contributed by atoms with van der Waals surface area (Å²) in [6.45, 7) is 3.95. The molecule has 3 N–H and O–H groups in total. The number of pyridine rings is 1. The number of anilines is 1.